The van der Waals surface area contributed by atoms with E-state index in [1.807, 2.05) is 6.92 Å². The van der Waals surface area contributed by atoms with Crippen molar-refractivity contribution in [1.82, 2.24) is 0 Å². The lowest BCUT2D eigenvalue weighted by Crippen LogP contribution is -2.35. The van der Waals surface area contributed by atoms with Crippen molar-refractivity contribution >= 4 is 33.2 Å². The zero-order valence-electron chi connectivity index (χ0n) is 9.90. The van der Waals surface area contributed by atoms with Crippen molar-refractivity contribution < 1.29 is 13.2 Å². The van der Waals surface area contributed by atoms with E-state index in [2.05, 4.69) is 15.9 Å². The molecule has 0 aliphatic rings. The molecule has 0 unspecified atom stereocenters. The van der Waals surface area contributed by atoms with Crippen molar-refractivity contribution in [2.24, 2.45) is 0 Å². The predicted octanol–water partition coefficient (Wildman–Crippen LogP) is 5.01. The van der Waals surface area contributed by atoms with E-state index in [0.717, 1.165) is 5.56 Å². The van der Waals surface area contributed by atoms with Crippen LogP contribution in [0, 0.1) is 0 Å². The molecule has 1 aromatic rings. The largest absolute Gasteiger partial charge is 0.405 e. The third kappa shape index (κ3) is 4.69. The molecular formula is C12H14BrClF3N. The summed E-state index contributed by atoms with van der Waals surface area (Å²) in [6.45, 7) is 1.27. The molecule has 0 spiro atoms. The summed E-state index contributed by atoms with van der Waals surface area (Å²) in [6, 6.07) is 4.94. The van der Waals surface area contributed by atoms with Gasteiger partial charge in [0.15, 0.2) is 0 Å². The Hall–Kier alpha value is -0.420. The molecule has 18 heavy (non-hydrogen) atoms. The highest BCUT2D eigenvalue weighted by Crippen LogP contribution is 2.29. The zero-order chi connectivity index (χ0) is 13.8. The van der Waals surface area contributed by atoms with E-state index < -0.39 is 12.7 Å². The molecule has 0 aliphatic carbocycles. The molecule has 1 aromatic carbocycles. The zero-order valence-corrected chi connectivity index (χ0v) is 12.2. The summed E-state index contributed by atoms with van der Waals surface area (Å²) in [5, 5.41) is 0.998. The average Bonchev–Trinajstić information content (AvgIpc) is 2.26. The molecule has 0 aromatic heterocycles. The molecule has 0 N–H and O–H groups in total. The van der Waals surface area contributed by atoms with Gasteiger partial charge in [-0.05, 0) is 30.2 Å². The quantitative estimate of drug-likeness (QED) is 0.678. The molecular weight excluding hydrogens is 330 g/mol. The van der Waals surface area contributed by atoms with Gasteiger partial charge in [0, 0.05) is 22.6 Å². The number of hydrogen-bond acceptors (Lipinski definition) is 1. The third-order valence-corrected chi connectivity index (χ3v) is 3.23. The van der Waals surface area contributed by atoms with Gasteiger partial charge in [0.2, 0.25) is 0 Å². The van der Waals surface area contributed by atoms with Crippen molar-refractivity contribution in [3.63, 3.8) is 0 Å². The van der Waals surface area contributed by atoms with Crippen LogP contribution in [0.15, 0.2) is 18.2 Å². The Kier molecular flexibility index (Phi) is 5.79. The van der Waals surface area contributed by atoms with Crippen LogP contribution in [0.3, 0.4) is 0 Å². The molecule has 0 bridgehead atoms. The molecule has 1 nitrogen and oxygen atoms in total. The second kappa shape index (κ2) is 6.66. The number of nitrogens with zero attached hydrogens (tertiary/aromatic N) is 1. The summed E-state index contributed by atoms with van der Waals surface area (Å²) in [5.41, 5.74) is 1.34. The second-order valence-electron chi connectivity index (χ2n) is 3.94. The number of benzene rings is 1. The first-order valence-corrected chi connectivity index (χ1v) is 7.03. The van der Waals surface area contributed by atoms with Crippen LogP contribution in [0.2, 0.25) is 5.02 Å². The molecule has 6 heteroatoms. The maximum atomic E-state index is 12.6. The van der Waals surface area contributed by atoms with Gasteiger partial charge in [0.1, 0.15) is 6.54 Å². The molecule has 0 amide bonds. The van der Waals surface area contributed by atoms with Crippen LogP contribution in [-0.4, -0.2) is 19.3 Å². The lowest BCUT2D eigenvalue weighted by Gasteiger charge is -2.27. The minimum atomic E-state index is -4.21. The number of hydrogen-bond donors (Lipinski definition) is 0. The number of anilines is 1. The minimum Gasteiger partial charge on any atom is -0.362 e. The Morgan fingerprint density at radius 1 is 1.33 bits per heavy atom. The van der Waals surface area contributed by atoms with Gasteiger partial charge in [-0.3, -0.25) is 0 Å². The van der Waals surface area contributed by atoms with Crippen molar-refractivity contribution in [3.05, 3.63) is 28.8 Å². The summed E-state index contributed by atoms with van der Waals surface area (Å²) in [5.74, 6) is 0. The Labute approximate surface area is 118 Å². The van der Waals surface area contributed by atoms with E-state index in [9.17, 15) is 13.2 Å². The van der Waals surface area contributed by atoms with Crippen molar-refractivity contribution in [3.8, 4) is 0 Å². The molecule has 0 saturated carbocycles. The van der Waals surface area contributed by atoms with E-state index in [1.165, 1.54) is 4.90 Å². The topological polar surface area (TPSA) is 3.24 Å². The summed E-state index contributed by atoms with van der Waals surface area (Å²) >= 11 is 9.12. The van der Waals surface area contributed by atoms with E-state index in [0.29, 0.717) is 29.0 Å². The van der Waals surface area contributed by atoms with E-state index in [4.69, 9.17) is 11.6 Å². The second-order valence-corrected chi connectivity index (χ2v) is 4.94. The van der Waals surface area contributed by atoms with Crippen LogP contribution in [0.5, 0.6) is 0 Å². The Bertz CT molecular complexity index is 395. The monoisotopic (exact) mass is 343 g/mol. The standard InChI is InChI=1S/C12H14BrClF3N/c1-2-5-18(8-12(15,16)17)11-4-3-10(14)6-9(11)7-13/h3-4,6H,2,5,7-8H2,1H3. The van der Waals surface area contributed by atoms with Gasteiger partial charge in [-0.15, -0.1) is 0 Å². The fourth-order valence-corrected chi connectivity index (χ4v) is 2.38. The first kappa shape index (κ1) is 15.6. The van der Waals surface area contributed by atoms with Crippen LogP contribution in [-0.2, 0) is 5.33 Å². The predicted molar refractivity (Wildman–Crippen MR) is 72.6 cm³/mol. The van der Waals surface area contributed by atoms with Gasteiger partial charge >= 0.3 is 6.18 Å². The Morgan fingerprint density at radius 2 is 2.00 bits per heavy atom. The Balaban J connectivity index is 3.04. The first-order chi connectivity index (χ1) is 8.37. The fourth-order valence-electron chi connectivity index (χ4n) is 1.74. The van der Waals surface area contributed by atoms with Gasteiger partial charge in [0.25, 0.3) is 0 Å². The normalized spacial score (nSPS) is 11.7. The summed E-state index contributed by atoms with van der Waals surface area (Å²) in [6.07, 6.45) is -3.56. The lowest BCUT2D eigenvalue weighted by molar-refractivity contribution is -0.119. The smallest absolute Gasteiger partial charge is 0.362 e. The minimum absolute atomic E-state index is 0.362. The fraction of sp³-hybridized carbons (Fsp3) is 0.500. The van der Waals surface area contributed by atoms with Gasteiger partial charge in [0.05, 0.1) is 0 Å². The maximum Gasteiger partial charge on any atom is 0.405 e. The van der Waals surface area contributed by atoms with E-state index in [1.54, 1.807) is 18.2 Å². The molecule has 0 fully saturated rings. The SMILES string of the molecule is CCCN(CC(F)(F)F)c1ccc(Cl)cc1CBr. The summed E-state index contributed by atoms with van der Waals surface area (Å²) in [4.78, 5) is 1.34. The van der Waals surface area contributed by atoms with E-state index in [-0.39, 0.29) is 0 Å². The highest BCUT2D eigenvalue weighted by Gasteiger charge is 2.31. The van der Waals surface area contributed by atoms with Crippen LogP contribution in [0.1, 0.15) is 18.9 Å². The first-order valence-electron chi connectivity index (χ1n) is 5.53. The summed E-state index contributed by atoms with van der Waals surface area (Å²) < 4.78 is 37.7. The number of rotatable bonds is 5. The van der Waals surface area contributed by atoms with Crippen LogP contribution in [0.25, 0.3) is 0 Å². The van der Waals surface area contributed by atoms with Crippen LogP contribution < -0.4 is 4.90 Å². The van der Waals surface area contributed by atoms with Gasteiger partial charge in [-0.25, -0.2) is 0 Å². The number of alkyl halides is 4. The van der Waals surface area contributed by atoms with Crippen LogP contribution >= 0.6 is 27.5 Å². The van der Waals surface area contributed by atoms with E-state index >= 15 is 0 Å². The lowest BCUT2D eigenvalue weighted by atomic mass is 10.1. The van der Waals surface area contributed by atoms with Crippen molar-refractivity contribution in [2.75, 3.05) is 18.0 Å². The molecule has 0 heterocycles. The van der Waals surface area contributed by atoms with Gasteiger partial charge in [-0.1, -0.05) is 34.5 Å². The van der Waals surface area contributed by atoms with Crippen molar-refractivity contribution in [1.29, 1.82) is 0 Å². The van der Waals surface area contributed by atoms with Crippen LogP contribution in [0.4, 0.5) is 18.9 Å². The highest BCUT2D eigenvalue weighted by atomic mass is 79.9. The van der Waals surface area contributed by atoms with Gasteiger partial charge in [-0.2, -0.15) is 13.2 Å². The molecule has 0 atom stereocenters. The average molecular weight is 345 g/mol. The third-order valence-electron chi connectivity index (χ3n) is 2.39. The molecule has 0 aliphatic heterocycles. The Morgan fingerprint density at radius 3 is 2.50 bits per heavy atom. The summed E-state index contributed by atoms with van der Waals surface area (Å²) in [7, 11) is 0. The van der Waals surface area contributed by atoms with Crippen molar-refractivity contribution in [2.45, 2.75) is 24.9 Å². The maximum absolute atomic E-state index is 12.6. The highest BCUT2D eigenvalue weighted by molar-refractivity contribution is 9.08. The molecule has 0 radical (unpaired) electrons. The van der Waals surface area contributed by atoms with Gasteiger partial charge < -0.3 is 4.90 Å². The number of halogens is 5. The molecule has 102 valence electrons. The molecule has 1 rings (SSSR count). The molecule has 0 saturated heterocycles.